The van der Waals surface area contributed by atoms with Crippen LogP contribution >= 0.6 is 23.2 Å². The molecule has 48 heavy (non-hydrogen) atoms. The van der Waals surface area contributed by atoms with E-state index < -0.39 is 23.7 Å². The zero-order valence-electron chi connectivity index (χ0n) is 26.4. The van der Waals surface area contributed by atoms with E-state index >= 15 is 0 Å². The molecule has 0 radical (unpaired) electrons. The lowest BCUT2D eigenvalue weighted by atomic mass is 9.97. The second-order valence-electron chi connectivity index (χ2n) is 13.0. The number of ketones is 4. The van der Waals surface area contributed by atoms with Crippen LogP contribution in [0.3, 0.4) is 0 Å². The van der Waals surface area contributed by atoms with Gasteiger partial charge in [-0.2, -0.15) is 0 Å². The average Bonchev–Trinajstić information content (AvgIpc) is 4.02. The van der Waals surface area contributed by atoms with Gasteiger partial charge in [0.15, 0.2) is 23.1 Å². The minimum atomic E-state index is -0.550. The molecule has 2 aliphatic rings. The molecule has 0 N–H and O–H groups in total. The second-order valence-corrected chi connectivity index (χ2v) is 13.9. The highest BCUT2D eigenvalue weighted by Crippen LogP contribution is 2.60. The largest absolute Gasteiger partial charge is 0.294 e. The van der Waals surface area contributed by atoms with E-state index in [1.807, 2.05) is 86.6 Å². The molecule has 7 rings (SSSR count). The van der Waals surface area contributed by atoms with Crippen molar-refractivity contribution in [2.75, 3.05) is 0 Å². The molecule has 5 aromatic carbocycles. The van der Waals surface area contributed by atoms with Gasteiger partial charge in [-0.3, -0.25) is 19.2 Å². The molecule has 4 nitrogen and oxygen atoms in total. The van der Waals surface area contributed by atoms with Crippen LogP contribution in [0.5, 0.6) is 0 Å². The van der Waals surface area contributed by atoms with Gasteiger partial charge < -0.3 is 0 Å². The number of Topliss-reactive ketones (excluding diaryl/α,β-unsaturated/α-hetero) is 4. The van der Waals surface area contributed by atoms with Crippen molar-refractivity contribution in [3.8, 4) is 0 Å². The van der Waals surface area contributed by atoms with E-state index in [4.69, 9.17) is 23.2 Å². The molecule has 2 aliphatic carbocycles. The predicted octanol–water partition coefficient (Wildman–Crippen LogP) is 9.80. The Labute approximate surface area is 289 Å². The third-order valence-electron chi connectivity index (χ3n) is 9.86. The molecule has 0 amide bonds. The Balaban J connectivity index is 1.24. The average molecular weight is 672 g/mol. The lowest BCUT2D eigenvalue weighted by Crippen LogP contribution is -2.09. The van der Waals surface area contributed by atoms with Gasteiger partial charge in [-0.1, -0.05) is 107 Å². The van der Waals surface area contributed by atoms with E-state index in [1.54, 1.807) is 48.5 Å². The molecule has 6 unspecified atom stereocenters. The molecule has 0 bridgehead atoms. The van der Waals surface area contributed by atoms with E-state index in [-0.39, 0.29) is 35.0 Å². The lowest BCUT2D eigenvalue weighted by molar-refractivity contribution is 0.0906. The normalized spacial score (nSPS) is 22.5. The van der Waals surface area contributed by atoms with Crippen molar-refractivity contribution in [2.45, 2.75) is 25.7 Å². The summed E-state index contributed by atoms with van der Waals surface area (Å²) in [6.07, 6.45) is 0. The van der Waals surface area contributed by atoms with E-state index in [0.29, 0.717) is 32.3 Å². The monoisotopic (exact) mass is 670 g/mol. The fraction of sp³-hybridized carbons (Fsp3) is 0.190. The van der Waals surface area contributed by atoms with Crippen LogP contribution in [0.1, 0.15) is 75.5 Å². The quantitative estimate of drug-likeness (QED) is 0.139. The smallest absolute Gasteiger partial charge is 0.167 e. The number of carbonyl (C=O) groups is 4. The van der Waals surface area contributed by atoms with Crippen molar-refractivity contribution >= 4 is 46.3 Å². The highest BCUT2D eigenvalue weighted by molar-refractivity contribution is 6.31. The van der Waals surface area contributed by atoms with Crippen molar-refractivity contribution in [3.05, 3.63) is 176 Å². The van der Waals surface area contributed by atoms with Crippen molar-refractivity contribution in [1.29, 1.82) is 0 Å². The van der Waals surface area contributed by atoms with Gasteiger partial charge in [-0.05, 0) is 73.5 Å². The molecule has 0 aromatic heterocycles. The maximum atomic E-state index is 13.9. The van der Waals surface area contributed by atoms with Crippen molar-refractivity contribution in [3.63, 3.8) is 0 Å². The Kier molecular flexibility index (Phi) is 8.49. The summed E-state index contributed by atoms with van der Waals surface area (Å²) in [5.74, 6) is -3.25. The van der Waals surface area contributed by atoms with E-state index in [9.17, 15) is 19.2 Å². The zero-order chi connectivity index (χ0) is 33.7. The molecule has 6 atom stereocenters. The number of aryl methyl sites for hydroxylation is 2. The van der Waals surface area contributed by atoms with Crippen LogP contribution in [-0.4, -0.2) is 23.1 Å². The van der Waals surface area contributed by atoms with Crippen LogP contribution in [-0.2, 0) is 0 Å². The summed E-state index contributed by atoms with van der Waals surface area (Å²) in [6, 6.07) is 36.1. The van der Waals surface area contributed by atoms with Gasteiger partial charge in [-0.15, -0.1) is 0 Å². The summed E-state index contributed by atoms with van der Waals surface area (Å²) >= 11 is 12.2. The molecular formula is C42H32Cl2O4. The van der Waals surface area contributed by atoms with Crippen LogP contribution < -0.4 is 0 Å². The number of benzene rings is 5. The van der Waals surface area contributed by atoms with E-state index in [2.05, 4.69) is 0 Å². The lowest BCUT2D eigenvalue weighted by Gasteiger charge is -2.07. The molecular weight excluding hydrogens is 639 g/mol. The van der Waals surface area contributed by atoms with Gasteiger partial charge in [0.05, 0.1) is 0 Å². The van der Waals surface area contributed by atoms with Crippen molar-refractivity contribution in [2.24, 2.45) is 23.7 Å². The fourth-order valence-electron chi connectivity index (χ4n) is 7.16. The maximum Gasteiger partial charge on any atom is 0.167 e. The summed E-state index contributed by atoms with van der Waals surface area (Å²) < 4.78 is 0. The fourth-order valence-corrected chi connectivity index (χ4v) is 7.42. The minimum Gasteiger partial charge on any atom is -0.294 e. The summed E-state index contributed by atoms with van der Waals surface area (Å²) in [5, 5.41) is 1.06. The summed E-state index contributed by atoms with van der Waals surface area (Å²) in [7, 11) is 0. The van der Waals surface area contributed by atoms with Gasteiger partial charge in [0.2, 0.25) is 0 Å². The molecule has 0 spiro atoms. The Morgan fingerprint density at radius 1 is 0.417 bits per heavy atom. The molecule has 0 heterocycles. The van der Waals surface area contributed by atoms with Gasteiger partial charge in [-0.25, -0.2) is 0 Å². The van der Waals surface area contributed by atoms with Crippen molar-refractivity contribution in [1.82, 2.24) is 0 Å². The highest BCUT2D eigenvalue weighted by Gasteiger charge is 2.61. The summed E-state index contributed by atoms with van der Waals surface area (Å²) in [6.45, 7) is 3.93. The third-order valence-corrected chi connectivity index (χ3v) is 10.4. The first-order chi connectivity index (χ1) is 23.1. The van der Waals surface area contributed by atoms with Crippen LogP contribution in [0.15, 0.2) is 121 Å². The maximum absolute atomic E-state index is 13.9. The Bertz CT molecular complexity index is 1770. The first-order valence-electron chi connectivity index (χ1n) is 16.0. The SMILES string of the molecule is Cc1ccc(C(=O)C2C(C(=O)c3ccc(Cl)cc3)C2c2cccc(C3C(C(=O)c4ccc(C)cc4)C3C(=O)c3ccc(Cl)cc3)c2)cc1. The van der Waals surface area contributed by atoms with Gasteiger partial charge in [0.25, 0.3) is 0 Å². The van der Waals surface area contributed by atoms with Crippen molar-refractivity contribution < 1.29 is 19.2 Å². The Morgan fingerprint density at radius 2 is 0.688 bits per heavy atom. The molecule has 0 aliphatic heterocycles. The number of hydrogen-bond donors (Lipinski definition) is 0. The first-order valence-corrected chi connectivity index (χ1v) is 16.8. The number of halogens is 2. The van der Waals surface area contributed by atoms with Gasteiger partial charge in [0.1, 0.15) is 0 Å². The number of carbonyl (C=O) groups excluding carboxylic acids is 4. The number of rotatable bonds is 10. The Morgan fingerprint density at radius 3 is 0.979 bits per heavy atom. The van der Waals surface area contributed by atoms with E-state index in [1.165, 1.54) is 0 Å². The van der Waals surface area contributed by atoms with Gasteiger partial charge >= 0.3 is 0 Å². The van der Waals surface area contributed by atoms with E-state index in [0.717, 1.165) is 22.3 Å². The summed E-state index contributed by atoms with van der Waals surface area (Å²) in [4.78, 5) is 55.6. The second kappa shape index (κ2) is 12.8. The molecule has 6 heteroatoms. The van der Waals surface area contributed by atoms with Crippen LogP contribution in [0.4, 0.5) is 0 Å². The van der Waals surface area contributed by atoms with Crippen LogP contribution in [0, 0.1) is 37.5 Å². The predicted molar refractivity (Wildman–Crippen MR) is 188 cm³/mol. The topological polar surface area (TPSA) is 68.3 Å². The molecule has 5 aromatic rings. The molecule has 2 saturated carbocycles. The third kappa shape index (κ3) is 6.07. The van der Waals surface area contributed by atoms with Gasteiger partial charge in [0, 0.05) is 67.8 Å². The first kappa shape index (κ1) is 31.9. The summed E-state index contributed by atoms with van der Waals surface area (Å²) in [5.41, 5.74) is 5.92. The molecule has 238 valence electrons. The number of hydrogen-bond acceptors (Lipinski definition) is 4. The van der Waals surface area contributed by atoms with Crippen LogP contribution in [0.25, 0.3) is 0 Å². The minimum absolute atomic E-state index is 0.0765. The van der Waals surface area contributed by atoms with Crippen LogP contribution in [0.2, 0.25) is 10.0 Å². The standard InChI is InChI=1S/C42H32Cl2O4/c1-23-6-10-25(11-7-23)39(45)35-33(37(35)41(47)27-14-18-31(43)19-15-27)29-4-3-5-30(22-29)34-36(40(46)26-12-8-24(2)9-13-26)38(34)42(48)28-16-20-32(44)21-17-28/h3-22,33-38H,1-2H3. The molecule has 2 fully saturated rings. The highest BCUT2D eigenvalue weighted by atomic mass is 35.5. The Hall–Kier alpha value is -4.64. The zero-order valence-corrected chi connectivity index (χ0v) is 27.9. The molecule has 0 saturated heterocycles.